The number of aromatic nitrogens is 2. The summed E-state index contributed by atoms with van der Waals surface area (Å²) in [6, 6.07) is -0.0802. The van der Waals surface area contributed by atoms with Gasteiger partial charge in [0, 0.05) is 24.2 Å². The third-order valence-electron chi connectivity index (χ3n) is 4.55. The van der Waals surface area contributed by atoms with Gasteiger partial charge < -0.3 is 10.4 Å². The Morgan fingerprint density at radius 2 is 1.90 bits per heavy atom. The van der Waals surface area contributed by atoms with E-state index in [1.165, 1.54) is 0 Å². The minimum absolute atomic E-state index is 0.0228. The van der Waals surface area contributed by atoms with Gasteiger partial charge in [0.1, 0.15) is 0 Å². The van der Waals surface area contributed by atoms with Crippen LogP contribution in [0.25, 0.3) is 0 Å². The van der Waals surface area contributed by atoms with Crippen LogP contribution in [-0.2, 0) is 16.6 Å². The molecule has 1 heterocycles. The lowest BCUT2D eigenvalue weighted by Crippen LogP contribution is -2.35. The summed E-state index contributed by atoms with van der Waals surface area (Å²) in [6.45, 7) is 3.92. The van der Waals surface area contributed by atoms with Crippen molar-refractivity contribution in [3.05, 3.63) is 17.5 Å². The zero-order valence-electron chi connectivity index (χ0n) is 12.8. The number of aliphatic carboxylic acids is 1. The van der Waals surface area contributed by atoms with E-state index >= 15 is 0 Å². The molecule has 1 unspecified atom stereocenters. The van der Waals surface area contributed by atoms with Crippen LogP contribution in [0.4, 0.5) is 0 Å². The van der Waals surface area contributed by atoms with Crippen molar-refractivity contribution >= 4 is 11.9 Å². The summed E-state index contributed by atoms with van der Waals surface area (Å²) in [6.07, 6.45) is 4.27. The molecule has 1 fully saturated rings. The maximum absolute atomic E-state index is 12.3. The molecule has 1 aromatic rings. The summed E-state index contributed by atoms with van der Waals surface area (Å²) in [4.78, 5) is 23.2. The Morgan fingerprint density at radius 1 is 1.33 bits per heavy atom. The average Bonchev–Trinajstić information content (AvgIpc) is 2.79. The van der Waals surface area contributed by atoms with Crippen molar-refractivity contribution in [2.75, 3.05) is 0 Å². The van der Waals surface area contributed by atoms with Gasteiger partial charge in [0.25, 0.3) is 0 Å². The molecule has 1 amide bonds. The molecule has 6 heteroatoms. The van der Waals surface area contributed by atoms with Crippen LogP contribution >= 0.6 is 0 Å². The maximum Gasteiger partial charge on any atom is 0.306 e. The molecule has 1 aromatic heterocycles. The number of amides is 1. The Kier molecular flexibility index (Phi) is 4.65. The van der Waals surface area contributed by atoms with Crippen LogP contribution in [0.3, 0.4) is 0 Å². The Labute approximate surface area is 124 Å². The lowest BCUT2D eigenvalue weighted by Gasteiger charge is -2.26. The lowest BCUT2D eigenvalue weighted by molar-refractivity contribution is -0.144. The van der Waals surface area contributed by atoms with Crippen molar-refractivity contribution in [3.63, 3.8) is 0 Å². The van der Waals surface area contributed by atoms with E-state index in [4.69, 9.17) is 5.11 Å². The van der Waals surface area contributed by atoms with E-state index < -0.39 is 5.97 Å². The predicted octanol–water partition coefficient (Wildman–Crippen LogP) is 1.80. The van der Waals surface area contributed by atoms with Crippen molar-refractivity contribution in [2.24, 2.45) is 18.9 Å². The SMILES string of the molecule is Cc1c(C(C)NC(=O)C2CCC(C(=O)O)CC2)cnn1C. The first kappa shape index (κ1) is 15.5. The number of hydrogen-bond donors (Lipinski definition) is 2. The normalized spacial score (nSPS) is 23.6. The smallest absolute Gasteiger partial charge is 0.306 e. The number of aryl methyl sites for hydroxylation is 1. The van der Waals surface area contributed by atoms with Gasteiger partial charge in [0.2, 0.25) is 5.91 Å². The van der Waals surface area contributed by atoms with Crippen molar-refractivity contribution in [3.8, 4) is 0 Å². The Balaban J connectivity index is 1.90. The molecule has 2 rings (SSSR count). The summed E-state index contributed by atoms with van der Waals surface area (Å²) in [5.74, 6) is -1.07. The molecular weight excluding hydrogens is 270 g/mol. The van der Waals surface area contributed by atoms with E-state index in [1.807, 2.05) is 20.9 Å². The number of hydrogen-bond acceptors (Lipinski definition) is 3. The highest BCUT2D eigenvalue weighted by molar-refractivity contribution is 5.79. The number of carbonyl (C=O) groups excluding carboxylic acids is 1. The van der Waals surface area contributed by atoms with Gasteiger partial charge in [0.15, 0.2) is 0 Å². The largest absolute Gasteiger partial charge is 0.481 e. The van der Waals surface area contributed by atoms with E-state index in [-0.39, 0.29) is 23.8 Å². The van der Waals surface area contributed by atoms with E-state index in [0.717, 1.165) is 11.3 Å². The summed E-state index contributed by atoms with van der Waals surface area (Å²) in [5, 5.41) is 16.2. The third-order valence-corrected chi connectivity index (χ3v) is 4.55. The molecule has 0 aromatic carbocycles. The molecule has 1 aliphatic carbocycles. The number of rotatable bonds is 4. The summed E-state index contributed by atoms with van der Waals surface area (Å²) in [5.41, 5.74) is 2.06. The van der Waals surface area contributed by atoms with Crippen LogP contribution in [0, 0.1) is 18.8 Å². The molecule has 0 radical (unpaired) electrons. The number of carboxylic acid groups (broad SMARTS) is 1. The van der Waals surface area contributed by atoms with Gasteiger partial charge in [-0.25, -0.2) is 0 Å². The molecule has 0 spiro atoms. The molecule has 6 nitrogen and oxygen atoms in total. The second kappa shape index (κ2) is 6.28. The summed E-state index contributed by atoms with van der Waals surface area (Å²) >= 11 is 0. The molecule has 21 heavy (non-hydrogen) atoms. The molecule has 0 bridgehead atoms. The maximum atomic E-state index is 12.3. The quantitative estimate of drug-likeness (QED) is 0.886. The monoisotopic (exact) mass is 293 g/mol. The third kappa shape index (κ3) is 3.43. The molecule has 0 saturated heterocycles. The van der Waals surface area contributed by atoms with Crippen molar-refractivity contribution in [1.29, 1.82) is 0 Å². The average molecular weight is 293 g/mol. The van der Waals surface area contributed by atoms with E-state index in [0.29, 0.717) is 25.7 Å². The van der Waals surface area contributed by atoms with Gasteiger partial charge in [-0.3, -0.25) is 14.3 Å². The van der Waals surface area contributed by atoms with Crippen LogP contribution in [0.2, 0.25) is 0 Å². The van der Waals surface area contributed by atoms with Crippen molar-refractivity contribution in [2.45, 2.75) is 45.6 Å². The topological polar surface area (TPSA) is 84.2 Å². The summed E-state index contributed by atoms with van der Waals surface area (Å²) in [7, 11) is 1.88. The minimum atomic E-state index is -0.742. The van der Waals surface area contributed by atoms with Gasteiger partial charge in [-0.2, -0.15) is 5.10 Å². The first-order chi connectivity index (χ1) is 9.90. The van der Waals surface area contributed by atoms with Crippen LogP contribution < -0.4 is 5.32 Å². The molecule has 2 N–H and O–H groups in total. The van der Waals surface area contributed by atoms with Crippen molar-refractivity contribution < 1.29 is 14.7 Å². The lowest BCUT2D eigenvalue weighted by atomic mass is 9.81. The standard InChI is InChI=1S/C15H23N3O3/c1-9(13-8-16-18(3)10(13)2)17-14(19)11-4-6-12(7-5-11)15(20)21/h8-9,11-12H,4-7H2,1-3H3,(H,17,19)(H,20,21). The van der Waals surface area contributed by atoms with Crippen LogP contribution in [0.5, 0.6) is 0 Å². The first-order valence-corrected chi connectivity index (χ1v) is 7.41. The van der Waals surface area contributed by atoms with E-state index in [9.17, 15) is 9.59 Å². The highest BCUT2D eigenvalue weighted by atomic mass is 16.4. The zero-order valence-corrected chi connectivity index (χ0v) is 12.8. The fourth-order valence-electron chi connectivity index (χ4n) is 2.95. The van der Waals surface area contributed by atoms with Crippen molar-refractivity contribution in [1.82, 2.24) is 15.1 Å². The van der Waals surface area contributed by atoms with Crippen LogP contribution in [-0.4, -0.2) is 26.8 Å². The highest BCUT2D eigenvalue weighted by Crippen LogP contribution is 2.29. The molecule has 0 aliphatic heterocycles. The fourth-order valence-corrected chi connectivity index (χ4v) is 2.95. The number of carboxylic acids is 1. The second-order valence-electron chi connectivity index (χ2n) is 5.93. The van der Waals surface area contributed by atoms with E-state index in [2.05, 4.69) is 10.4 Å². The van der Waals surface area contributed by atoms with Gasteiger partial charge in [-0.1, -0.05) is 0 Å². The van der Waals surface area contributed by atoms with Gasteiger partial charge >= 0.3 is 5.97 Å². The van der Waals surface area contributed by atoms with Gasteiger partial charge in [-0.15, -0.1) is 0 Å². The first-order valence-electron chi connectivity index (χ1n) is 7.41. The predicted molar refractivity (Wildman–Crippen MR) is 77.6 cm³/mol. The molecule has 116 valence electrons. The summed E-state index contributed by atoms with van der Waals surface area (Å²) < 4.78 is 1.79. The Hall–Kier alpha value is -1.85. The van der Waals surface area contributed by atoms with Gasteiger partial charge in [0.05, 0.1) is 18.2 Å². The van der Waals surface area contributed by atoms with E-state index in [1.54, 1.807) is 10.9 Å². The zero-order chi connectivity index (χ0) is 15.6. The second-order valence-corrected chi connectivity index (χ2v) is 5.93. The Bertz CT molecular complexity index is 530. The van der Waals surface area contributed by atoms with Gasteiger partial charge in [-0.05, 0) is 39.5 Å². The molecule has 1 aliphatic rings. The van der Waals surface area contributed by atoms with Crippen LogP contribution in [0.1, 0.15) is 49.9 Å². The van der Waals surface area contributed by atoms with Crippen LogP contribution in [0.15, 0.2) is 6.20 Å². The Morgan fingerprint density at radius 3 is 2.38 bits per heavy atom. The molecular formula is C15H23N3O3. The fraction of sp³-hybridized carbons (Fsp3) is 0.667. The highest BCUT2D eigenvalue weighted by Gasteiger charge is 2.30. The number of nitrogens with zero attached hydrogens (tertiary/aromatic N) is 2. The molecule has 1 atom stereocenters. The number of carbonyl (C=O) groups is 2. The minimum Gasteiger partial charge on any atom is -0.481 e. The number of nitrogens with one attached hydrogen (secondary N) is 1. The molecule has 1 saturated carbocycles.